The van der Waals surface area contributed by atoms with Crippen molar-refractivity contribution in [3.8, 4) is 0 Å². The van der Waals surface area contributed by atoms with E-state index in [9.17, 15) is 14.4 Å². The van der Waals surface area contributed by atoms with Gasteiger partial charge in [-0.2, -0.15) is 0 Å². The summed E-state index contributed by atoms with van der Waals surface area (Å²) in [6.07, 6.45) is 0. The molecule has 0 bridgehead atoms. The van der Waals surface area contributed by atoms with Crippen LogP contribution in [0.5, 0.6) is 0 Å². The lowest BCUT2D eigenvalue weighted by molar-refractivity contribution is -0.147. The number of carbonyl (C=O) groups excluding carboxylic acids is 2. The predicted molar refractivity (Wildman–Crippen MR) is 106 cm³/mol. The third kappa shape index (κ3) is 5.78. The summed E-state index contributed by atoms with van der Waals surface area (Å²) < 4.78 is 9.81. The van der Waals surface area contributed by atoms with E-state index in [1.54, 1.807) is 6.92 Å². The van der Waals surface area contributed by atoms with Crippen LogP contribution in [0.2, 0.25) is 0 Å². The van der Waals surface area contributed by atoms with Gasteiger partial charge in [0.15, 0.2) is 6.61 Å². The van der Waals surface area contributed by atoms with E-state index >= 15 is 0 Å². The highest BCUT2D eigenvalue weighted by atomic mass is 32.2. The zero-order valence-corrected chi connectivity index (χ0v) is 17.3. The van der Waals surface area contributed by atoms with Crippen molar-refractivity contribution in [2.24, 2.45) is 0 Å². The maximum Gasteiger partial charge on any atom is 0.319 e. The molecule has 1 atom stereocenters. The number of methoxy groups -OCH3 is 1. The molecule has 1 amide bonds. The second-order valence-corrected chi connectivity index (χ2v) is 8.41. The molecular weight excluding hydrogens is 390 g/mol. The first-order valence-corrected chi connectivity index (χ1v) is 10.2. The lowest BCUT2D eigenvalue weighted by Crippen LogP contribution is -2.32. The Hall–Kier alpha value is -1.91. The van der Waals surface area contributed by atoms with Gasteiger partial charge in [0, 0.05) is 18.5 Å². The number of aromatic amines is 1. The monoisotopic (exact) mass is 413 g/mol. The largest absolute Gasteiger partial charge is 0.455 e. The van der Waals surface area contributed by atoms with E-state index < -0.39 is 11.2 Å². The van der Waals surface area contributed by atoms with Gasteiger partial charge in [-0.25, -0.2) is 4.98 Å². The highest BCUT2D eigenvalue weighted by Gasteiger charge is 2.18. The second kappa shape index (κ2) is 9.86. The minimum atomic E-state index is -0.496. The van der Waals surface area contributed by atoms with Crippen LogP contribution in [-0.4, -0.2) is 54.0 Å². The number of amides is 1. The number of nitrogens with one attached hydrogen (secondary N) is 2. The van der Waals surface area contributed by atoms with Crippen LogP contribution < -0.4 is 10.9 Å². The number of thiophene rings is 1. The molecule has 0 radical (unpaired) electrons. The van der Waals surface area contributed by atoms with Crippen molar-refractivity contribution in [1.29, 1.82) is 0 Å². The van der Waals surface area contributed by atoms with Crippen LogP contribution in [0.15, 0.2) is 4.79 Å². The number of aryl methyl sites for hydroxylation is 2. The second-order valence-electron chi connectivity index (χ2n) is 5.88. The fraction of sp³-hybridized carbons (Fsp3) is 0.529. The number of esters is 1. The Morgan fingerprint density at radius 3 is 2.81 bits per heavy atom. The number of aromatic nitrogens is 2. The van der Waals surface area contributed by atoms with E-state index in [0.717, 1.165) is 10.4 Å². The Kier molecular flexibility index (Phi) is 7.81. The van der Waals surface area contributed by atoms with Crippen LogP contribution in [0, 0.1) is 13.8 Å². The summed E-state index contributed by atoms with van der Waals surface area (Å²) in [6, 6.07) is 0. The molecule has 0 saturated heterocycles. The summed E-state index contributed by atoms with van der Waals surface area (Å²) in [5.74, 6) is -0.00128. The zero-order chi connectivity index (χ0) is 20.0. The molecule has 0 aliphatic carbocycles. The molecule has 2 heterocycles. The van der Waals surface area contributed by atoms with E-state index in [1.807, 2.05) is 13.8 Å². The molecule has 2 aromatic rings. The van der Waals surface area contributed by atoms with Crippen LogP contribution >= 0.6 is 23.1 Å². The minimum Gasteiger partial charge on any atom is -0.455 e. The van der Waals surface area contributed by atoms with Crippen LogP contribution in [0.25, 0.3) is 10.2 Å². The van der Waals surface area contributed by atoms with Gasteiger partial charge in [-0.3, -0.25) is 14.4 Å². The van der Waals surface area contributed by atoms with Crippen molar-refractivity contribution in [2.75, 3.05) is 26.9 Å². The van der Waals surface area contributed by atoms with Crippen LogP contribution in [0.4, 0.5) is 0 Å². The lowest BCUT2D eigenvalue weighted by atomic mass is 10.2. The quantitative estimate of drug-likeness (QED) is 0.474. The summed E-state index contributed by atoms with van der Waals surface area (Å²) in [4.78, 5) is 44.8. The molecule has 0 aliphatic heterocycles. The third-order valence-electron chi connectivity index (χ3n) is 3.86. The molecule has 0 spiro atoms. The van der Waals surface area contributed by atoms with E-state index in [0.29, 0.717) is 34.9 Å². The molecular formula is C17H23N3O5S2. The number of fused-ring (bicyclic) bond motifs is 1. The Bertz CT molecular complexity index is 877. The van der Waals surface area contributed by atoms with Gasteiger partial charge in [0.2, 0.25) is 0 Å². The Morgan fingerprint density at radius 1 is 1.37 bits per heavy atom. The molecule has 0 fully saturated rings. The molecule has 2 aromatic heterocycles. The molecule has 0 aromatic carbocycles. The molecule has 8 nitrogen and oxygen atoms in total. The first-order chi connectivity index (χ1) is 12.8. The lowest BCUT2D eigenvalue weighted by Gasteiger charge is -2.11. The van der Waals surface area contributed by atoms with Crippen LogP contribution in [0.3, 0.4) is 0 Å². The molecule has 10 heteroatoms. The Morgan fingerprint density at radius 2 is 2.11 bits per heavy atom. The van der Waals surface area contributed by atoms with Crippen LogP contribution in [-0.2, 0) is 24.8 Å². The summed E-state index contributed by atoms with van der Waals surface area (Å²) in [5.41, 5.74) is 0.782. The topological polar surface area (TPSA) is 110 Å². The van der Waals surface area contributed by atoms with Gasteiger partial charge >= 0.3 is 5.97 Å². The summed E-state index contributed by atoms with van der Waals surface area (Å²) >= 11 is 2.77. The van der Waals surface area contributed by atoms with Crippen molar-refractivity contribution in [1.82, 2.24) is 15.3 Å². The number of rotatable bonds is 9. The summed E-state index contributed by atoms with van der Waals surface area (Å²) in [5, 5.41) is 2.70. The van der Waals surface area contributed by atoms with Gasteiger partial charge in [-0.05, 0) is 26.3 Å². The number of carbonyl (C=O) groups is 2. The van der Waals surface area contributed by atoms with Gasteiger partial charge in [-0.15, -0.1) is 23.1 Å². The highest BCUT2D eigenvalue weighted by Crippen LogP contribution is 2.26. The van der Waals surface area contributed by atoms with E-state index in [4.69, 9.17) is 9.47 Å². The van der Waals surface area contributed by atoms with Gasteiger partial charge < -0.3 is 19.8 Å². The average Bonchev–Trinajstić information content (AvgIpc) is 2.92. The van der Waals surface area contributed by atoms with E-state index in [2.05, 4.69) is 15.3 Å². The molecule has 0 aliphatic rings. The van der Waals surface area contributed by atoms with E-state index in [-0.39, 0.29) is 18.1 Å². The molecule has 2 rings (SSSR count). The Labute approximate surface area is 165 Å². The number of H-pyrrole nitrogens is 1. The standard InChI is InChI=1S/C17H23N3O5S2/c1-9-10(2)27-16-14(9)15(22)19-12(20-16)8-26-11(3)17(23)25-7-13(21)18-5-6-24-4/h11H,5-8H2,1-4H3,(H,18,21)(H,19,20,22)/t11-/m0/s1. The molecule has 27 heavy (non-hydrogen) atoms. The average molecular weight is 414 g/mol. The minimum absolute atomic E-state index is 0.166. The fourth-order valence-corrected chi connectivity index (χ4v) is 4.03. The van der Waals surface area contributed by atoms with Crippen molar-refractivity contribution in [2.45, 2.75) is 31.8 Å². The maximum absolute atomic E-state index is 12.3. The van der Waals surface area contributed by atoms with Crippen molar-refractivity contribution in [3.63, 3.8) is 0 Å². The van der Waals surface area contributed by atoms with Crippen molar-refractivity contribution >= 4 is 45.2 Å². The van der Waals surface area contributed by atoms with Gasteiger partial charge in [0.1, 0.15) is 15.9 Å². The summed E-state index contributed by atoms with van der Waals surface area (Å²) in [7, 11) is 1.53. The first-order valence-electron chi connectivity index (χ1n) is 8.36. The van der Waals surface area contributed by atoms with Crippen molar-refractivity contribution < 1.29 is 19.1 Å². The smallest absolute Gasteiger partial charge is 0.319 e. The summed E-state index contributed by atoms with van der Waals surface area (Å²) in [6.45, 7) is 5.97. The number of ether oxygens (including phenoxy) is 2. The third-order valence-corrected chi connectivity index (χ3v) is 6.10. The number of thioether (sulfide) groups is 1. The Balaban J connectivity index is 1.87. The molecule has 0 saturated carbocycles. The predicted octanol–water partition coefficient (Wildman–Crippen LogP) is 1.53. The molecule has 2 N–H and O–H groups in total. The number of nitrogens with zero attached hydrogens (tertiary/aromatic N) is 1. The normalized spacial score (nSPS) is 12.1. The zero-order valence-electron chi connectivity index (χ0n) is 15.7. The van der Waals surface area contributed by atoms with Crippen molar-refractivity contribution in [3.05, 3.63) is 26.6 Å². The fourth-order valence-electron chi connectivity index (χ4n) is 2.24. The van der Waals surface area contributed by atoms with Gasteiger partial charge in [0.05, 0.1) is 17.7 Å². The SMILES string of the molecule is COCCNC(=O)COC(=O)[C@H](C)SCc1nc2sc(C)c(C)c2c(=O)[nH]1. The molecule has 148 valence electrons. The van der Waals surface area contributed by atoms with E-state index in [1.165, 1.54) is 30.2 Å². The highest BCUT2D eigenvalue weighted by molar-refractivity contribution is 7.99. The van der Waals surface area contributed by atoms with Crippen LogP contribution in [0.1, 0.15) is 23.2 Å². The number of hydrogen-bond donors (Lipinski definition) is 2. The van der Waals surface area contributed by atoms with Gasteiger partial charge in [0.25, 0.3) is 11.5 Å². The van der Waals surface area contributed by atoms with Gasteiger partial charge in [-0.1, -0.05) is 0 Å². The first kappa shape index (κ1) is 21.4. The number of hydrogen-bond acceptors (Lipinski definition) is 8. The maximum atomic E-state index is 12.3. The molecule has 0 unspecified atom stereocenters.